The number of carbonyl (C=O) groups is 4. The van der Waals surface area contributed by atoms with Gasteiger partial charge in [0.2, 0.25) is 5.91 Å². The molecule has 0 spiro atoms. The Bertz CT molecular complexity index is 791. The summed E-state index contributed by atoms with van der Waals surface area (Å²) >= 11 is 1.59. The zero-order valence-corrected chi connectivity index (χ0v) is 15.1. The number of thioether (sulfide) groups is 1. The van der Waals surface area contributed by atoms with Gasteiger partial charge in [0.1, 0.15) is 12.6 Å². The molecule has 8 heteroatoms. The lowest BCUT2D eigenvalue weighted by molar-refractivity contribution is -0.153. The second-order valence-electron chi connectivity index (χ2n) is 6.74. The first-order chi connectivity index (χ1) is 12.4. The van der Waals surface area contributed by atoms with Crippen LogP contribution in [0.15, 0.2) is 24.3 Å². The van der Waals surface area contributed by atoms with Gasteiger partial charge in [-0.15, -0.1) is 11.8 Å². The van der Waals surface area contributed by atoms with Crippen molar-refractivity contribution in [3.05, 3.63) is 35.4 Å². The van der Waals surface area contributed by atoms with E-state index in [-0.39, 0.29) is 35.7 Å². The Hall–Kier alpha value is -2.35. The minimum atomic E-state index is -0.595. The molecule has 2 saturated heterocycles. The highest BCUT2D eigenvalue weighted by Gasteiger charge is 2.53. The van der Waals surface area contributed by atoms with E-state index in [4.69, 9.17) is 4.74 Å². The van der Waals surface area contributed by atoms with Crippen molar-refractivity contribution in [3.63, 3.8) is 0 Å². The first-order valence-corrected chi connectivity index (χ1v) is 9.49. The number of benzene rings is 1. The maximum atomic E-state index is 12.4. The molecule has 136 valence electrons. The van der Waals surface area contributed by atoms with Crippen LogP contribution in [-0.2, 0) is 14.3 Å². The van der Waals surface area contributed by atoms with Crippen LogP contribution in [0.25, 0.3) is 0 Å². The van der Waals surface area contributed by atoms with E-state index >= 15 is 0 Å². The largest absolute Gasteiger partial charge is 0.462 e. The molecule has 3 aliphatic heterocycles. The average Bonchev–Trinajstić information content (AvgIpc) is 3.21. The van der Waals surface area contributed by atoms with Gasteiger partial charge in [-0.2, -0.15) is 0 Å². The normalized spacial score (nSPS) is 27.1. The number of ether oxygens (including phenoxy) is 1. The molecule has 26 heavy (non-hydrogen) atoms. The fourth-order valence-electron chi connectivity index (χ4n) is 3.77. The molecule has 0 N–H and O–H groups in total. The molecule has 0 radical (unpaired) electrons. The maximum absolute atomic E-state index is 12.4. The van der Waals surface area contributed by atoms with Crippen LogP contribution in [0.2, 0.25) is 0 Å². The van der Waals surface area contributed by atoms with Crippen molar-refractivity contribution in [1.82, 2.24) is 9.80 Å². The number of carbonyl (C=O) groups excluding carboxylic acids is 4. The summed E-state index contributed by atoms with van der Waals surface area (Å²) in [5.74, 6) is -0.748. The lowest BCUT2D eigenvalue weighted by Gasteiger charge is -2.29. The van der Waals surface area contributed by atoms with Crippen molar-refractivity contribution in [2.45, 2.75) is 30.7 Å². The molecule has 3 heterocycles. The van der Waals surface area contributed by atoms with Crippen LogP contribution in [-0.4, -0.2) is 63.3 Å². The van der Waals surface area contributed by atoms with Gasteiger partial charge in [-0.3, -0.25) is 19.3 Å². The maximum Gasteiger partial charge on any atom is 0.329 e. The summed E-state index contributed by atoms with van der Waals surface area (Å²) in [6.45, 7) is 1.89. The lowest BCUT2D eigenvalue weighted by Crippen LogP contribution is -2.47. The molecular weight excluding hydrogens is 356 g/mol. The van der Waals surface area contributed by atoms with Crippen LogP contribution in [0.1, 0.15) is 40.5 Å². The number of hydrogen-bond donors (Lipinski definition) is 0. The quantitative estimate of drug-likeness (QED) is 0.583. The number of rotatable bonds is 4. The predicted molar refractivity (Wildman–Crippen MR) is 93.5 cm³/mol. The summed E-state index contributed by atoms with van der Waals surface area (Å²) in [5, 5.41) is 0. The fourth-order valence-corrected chi connectivity index (χ4v) is 5.19. The smallest absolute Gasteiger partial charge is 0.329 e. The number of imide groups is 1. The van der Waals surface area contributed by atoms with Crippen molar-refractivity contribution in [2.75, 3.05) is 18.9 Å². The Morgan fingerprint density at radius 2 is 1.88 bits per heavy atom. The van der Waals surface area contributed by atoms with E-state index < -0.39 is 12.0 Å². The Kier molecular flexibility index (Phi) is 4.02. The van der Waals surface area contributed by atoms with E-state index in [0.29, 0.717) is 23.3 Å². The number of esters is 1. The van der Waals surface area contributed by atoms with Crippen LogP contribution >= 0.6 is 11.8 Å². The minimum absolute atomic E-state index is 0.00314. The Morgan fingerprint density at radius 1 is 1.23 bits per heavy atom. The summed E-state index contributed by atoms with van der Waals surface area (Å²) in [6.07, 6.45) is 1.18. The Labute approximate surface area is 154 Å². The fraction of sp³-hybridized carbons (Fsp3) is 0.444. The van der Waals surface area contributed by atoms with E-state index in [0.717, 1.165) is 11.3 Å². The number of nitrogens with zero attached hydrogens (tertiary/aromatic N) is 2. The zero-order chi connectivity index (χ0) is 18.5. The highest BCUT2D eigenvalue weighted by Crippen LogP contribution is 2.47. The third-order valence-corrected chi connectivity index (χ3v) is 6.66. The standard InChI is InChI=1S/C18H18N2O5S/c1-18-7-6-14(21)20(18)13(10-26-18)17(24)25-9-8-19-15(22)11-4-2-3-5-12(11)16(19)23/h2-5,13H,6-10H2,1H3/t13-,18-/m1/s1. The van der Waals surface area contributed by atoms with Gasteiger partial charge in [-0.05, 0) is 25.5 Å². The van der Waals surface area contributed by atoms with Crippen molar-refractivity contribution < 1.29 is 23.9 Å². The first kappa shape index (κ1) is 17.1. The van der Waals surface area contributed by atoms with Gasteiger partial charge < -0.3 is 9.64 Å². The van der Waals surface area contributed by atoms with Gasteiger partial charge in [0.25, 0.3) is 11.8 Å². The van der Waals surface area contributed by atoms with Gasteiger partial charge >= 0.3 is 5.97 Å². The number of hydrogen-bond acceptors (Lipinski definition) is 6. The highest BCUT2D eigenvalue weighted by molar-refractivity contribution is 8.01. The lowest BCUT2D eigenvalue weighted by atomic mass is 10.1. The van der Waals surface area contributed by atoms with Crippen molar-refractivity contribution in [2.24, 2.45) is 0 Å². The zero-order valence-electron chi connectivity index (χ0n) is 14.3. The molecule has 0 aliphatic carbocycles. The van der Waals surface area contributed by atoms with Crippen LogP contribution < -0.4 is 0 Å². The van der Waals surface area contributed by atoms with Crippen LogP contribution in [0, 0.1) is 0 Å². The number of amides is 3. The molecule has 7 nitrogen and oxygen atoms in total. The average molecular weight is 374 g/mol. The molecule has 3 amide bonds. The summed E-state index contributed by atoms with van der Waals surface area (Å²) in [7, 11) is 0. The van der Waals surface area contributed by atoms with Gasteiger partial charge in [-0.1, -0.05) is 12.1 Å². The minimum Gasteiger partial charge on any atom is -0.462 e. The molecule has 4 rings (SSSR count). The summed E-state index contributed by atoms with van der Waals surface area (Å²) in [5.41, 5.74) is 0.740. The second-order valence-corrected chi connectivity index (χ2v) is 8.24. The topological polar surface area (TPSA) is 84.0 Å². The molecule has 3 aliphatic rings. The van der Waals surface area contributed by atoms with E-state index in [9.17, 15) is 19.2 Å². The predicted octanol–water partition coefficient (Wildman–Crippen LogP) is 1.28. The van der Waals surface area contributed by atoms with Gasteiger partial charge in [0.05, 0.1) is 22.5 Å². The molecule has 0 aromatic heterocycles. The molecule has 1 aromatic carbocycles. The molecule has 0 saturated carbocycles. The summed E-state index contributed by atoms with van der Waals surface area (Å²) in [4.78, 5) is 51.4. The van der Waals surface area contributed by atoms with E-state index in [1.54, 1.807) is 40.9 Å². The SMILES string of the molecule is C[C@@]12CCC(=O)N1[C@@H](C(=O)OCCN1C(=O)c3ccccc3C1=O)CS2. The third kappa shape index (κ3) is 2.51. The monoisotopic (exact) mass is 374 g/mol. The number of fused-ring (bicyclic) bond motifs is 2. The molecular formula is C18H18N2O5S. The second kappa shape index (κ2) is 6.12. The van der Waals surface area contributed by atoms with Gasteiger partial charge in [0, 0.05) is 12.2 Å². The Morgan fingerprint density at radius 3 is 2.54 bits per heavy atom. The van der Waals surface area contributed by atoms with Crippen molar-refractivity contribution in [1.29, 1.82) is 0 Å². The molecule has 2 fully saturated rings. The van der Waals surface area contributed by atoms with Crippen LogP contribution in [0.5, 0.6) is 0 Å². The molecule has 0 unspecified atom stereocenters. The first-order valence-electron chi connectivity index (χ1n) is 8.50. The third-order valence-electron chi connectivity index (χ3n) is 5.15. The molecule has 0 bridgehead atoms. The van der Waals surface area contributed by atoms with Crippen LogP contribution in [0.4, 0.5) is 0 Å². The highest BCUT2D eigenvalue weighted by atomic mass is 32.2. The van der Waals surface area contributed by atoms with Crippen molar-refractivity contribution >= 4 is 35.5 Å². The Balaban J connectivity index is 1.36. The van der Waals surface area contributed by atoms with Gasteiger partial charge in [-0.25, -0.2) is 4.79 Å². The van der Waals surface area contributed by atoms with Crippen LogP contribution in [0.3, 0.4) is 0 Å². The summed E-state index contributed by atoms with van der Waals surface area (Å²) in [6, 6.07) is 6.03. The molecule has 1 aromatic rings. The summed E-state index contributed by atoms with van der Waals surface area (Å²) < 4.78 is 5.29. The van der Waals surface area contributed by atoms with Crippen molar-refractivity contribution in [3.8, 4) is 0 Å². The van der Waals surface area contributed by atoms with E-state index in [2.05, 4.69) is 0 Å². The van der Waals surface area contributed by atoms with Gasteiger partial charge in [0.15, 0.2) is 0 Å². The van der Waals surface area contributed by atoms with E-state index in [1.165, 1.54) is 0 Å². The molecule has 2 atom stereocenters. The van der Waals surface area contributed by atoms with E-state index in [1.807, 2.05) is 6.92 Å².